The molecule has 8 nitrogen and oxygen atoms in total. The Balaban J connectivity index is 1.41. The quantitative estimate of drug-likeness (QED) is 0.508. The van der Waals surface area contributed by atoms with Crippen molar-refractivity contribution in [2.24, 2.45) is 0 Å². The summed E-state index contributed by atoms with van der Waals surface area (Å²) in [7, 11) is 2.11. The number of fused-ring (bicyclic) bond motifs is 1. The highest BCUT2D eigenvalue weighted by molar-refractivity contribution is 7.29. The molecule has 1 saturated heterocycles. The molecule has 10 heteroatoms. The average molecular weight is 429 g/mol. The molecule has 1 aliphatic rings. The molecular formula is C19H20N6O2S2. The number of rotatable bonds is 4. The van der Waals surface area contributed by atoms with E-state index in [1.165, 1.54) is 11.3 Å². The van der Waals surface area contributed by atoms with E-state index in [-0.39, 0.29) is 5.75 Å². The van der Waals surface area contributed by atoms with Gasteiger partial charge in [0.05, 0.1) is 6.20 Å². The van der Waals surface area contributed by atoms with Gasteiger partial charge in [0.1, 0.15) is 16.5 Å². The third kappa shape index (κ3) is 3.47. The number of aromatic nitrogens is 4. The van der Waals surface area contributed by atoms with E-state index in [1.54, 1.807) is 36.7 Å². The van der Waals surface area contributed by atoms with Crippen LogP contribution in [0.25, 0.3) is 31.7 Å². The van der Waals surface area contributed by atoms with E-state index in [1.807, 2.05) is 0 Å². The zero-order chi connectivity index (χ0) is 20.0. The molecule has 0 bridgehead atoms. The summed E-state index contributed by atoms with van der Waals surface area (Å²) in [6, 6.07) is 2.13. The zero-order valence-corrected chi connectivity index (χ0v) is 17.7. The van der Waals surface area contributed by atoms with Crippen LogP contribution in [0.2, 0.25) is 0 Å². The van der Waals surface area contributed by atoms with Crippen molar-refractivity contribution < 1.29 is 9.52 Å². The van der Waals surface area contributed by atoms with E-state index < -0.39 is 0 Å². The van der Waals surface area contributed by atoms with E-state index in [9.17, 15) is 5.11 Å². The molecule has 5 heterocycles. The normalized spacial score (nSPS) is 15.2. The van der Waals surface area contributed by atoms with Crippen molar-refractivity contribution in [2.75, 3.05) is 25.0 Å². The van der Waals surface area contributed by atoms with Gasteiger partial charge in [-0.3, -0.25) is 0 Å². The second-order valence-electron chi connectivity index (χ2n) is 7.05. The second kappa shape index (κ2) is 7.36. The topological polar surface area (TPSA) is 100 Å². The summed E-state index contributed by atoms with van der Waals surface area (Å²) in [4.78, 5) is 22.0. The Morgan fingerprint density at radius 2 is 1.93 bits per heavy atom. The SMILES string of the molecule is Cc1ncc(-c2cnc(-c3nc4sc(N(C)C5CCNCC5)nc4s3)c(O)c2)o1. The Morgan fingerprint density at radius 3 is 2.62 bits per heavy atom. The lowest BCUT2D eigenvalue weighted by molar-refractivity contribution is 0.443. The monoisotopic (exact) mass is 428 g/mol. The van der Waals surface area contributed by atoms with Crippen LogP contribution in [0, 0.1) is 6.92 Å². The number of thiazole rings is 2. The first-order valence-electron chi connectivity index (χ1n) is 9.41. The molecule has 0 saturated carbocycles. The molecule has 2 N–H and O–H groups in total. The Kier molecular flexibility index (Phi) is 4.69. The van der Waals surface area contributed by atoms with E-state index in [0.29, 0.717) is 34.0 Å². The summed E-state index contributed by atoms with van der Waals surface area (Å²) < 4.78 is 5.50. The number of oxazole rings is 1. The molecule has 0 unspecified atom stereocenters. The van der Waals surface area contributed by atoms with Crippen LogP contribution in [-0.4, -0.2) is 51.2 Å². The van der Waals surface area contributed by atoms with Gasteiger partial charge < -0.3 is 19.7 Å². The van der Waals surface area contributed by atoms with Crippen LogP contribution in [0.5, 0.6) is 5.75 Å². The molecule has 0 amide bonds. The molecule has 0 spiro atoms. The summed E-state index contributed by atoms with van der Waals surface area (Å²) in [5.74, 6) is 1.20. The summed E-state index contributed by atoms with van der Waals surface area (Å²) >= 11 is 3.03. The highest BCUT2D eigenvalue weighted by Crippen LogP contribution is 2.39. The van der Waals surface area contributed by atoms with Crippen LogP contribution in [-0.2, 0) is 0 Å². The Labute approximate surface area is 175 Å². The van der Waals surface area contributed by atoms with Crippen molar-refractivity contribution in [1.82, 2.24) is 25.3 Å². The Hall–Kier alpha value is -2.56. The molecule has 150 valence electrons. The van der Waals surface area contributed by atoms with E-state index in [0.717, 1.165) is 40.7 Å². The predicted octanol–water partition coefficient (Wildman–Crippen LogP) is 3.67. The first-order valence-corrected chi connectivity index (χ1v) is 11.0. The maximum Gasteiger partial charge on any atom is 0.191 e. The molecule has 4 aromatic rings. The van der Waals surface area contributed by atoms with Gasteiger partial charge in [-0.2, -0.15) is 0 Å². The van der Waals surface area contributed by atoms with Gasteiger partial charge in [-0.05, 0) is 32.0 Å². The van der Waals surface area contributed by atoms with Gasteiger partial charge in [0, 0.05) is 31.8 Å². The number of aryl methyl sites for hydroxylation is 1. The van der Waals surface area contributed by atoms with Gasteiger partial charge >= 0.3 is 0 Å². The minimum absolute atomic E-state index is 0.0602. The Morgan fingerprint density at radius 1 is 1.14 bits per heavy atom. The number of pyridine rings is 1. The standard InChI is InChI=1S/C19H20N6O2S2/c1-10-21-9-14(27-10)11-7-13(26)15(22-8-11)16-23-17-18(28-16)24-19(29-17)25(2)12-3-5-20-6-4-12/h7-9,12,20,26H,3-6H2,1-2H3. The first kappa shape index (κ1) is 18.5. The van der Waals surface area contributed by atoms with Crippen molar-refractivity contribution in [3.8, 4) is 27.8 Å². The van der Waals surface area contributed by atoms with E-state index >= 15 is 0 Å². The maximum atomic E-state index is 10.5. The molecule has 29 heavy (non-hydrogen) atoms. The van der Waals surface area contributed by atoms with E-state index in [2.05, 4.69) is 32.2 Å². The number of nitrogens with zero attached hydrogens (tertiary/aromatic N) is 5. The van der Waals surface area contributed by atoms with E-state index in [4.69, 9.17) is 9.40 Å². The molecule has 1 fully saturated rings. The van der Waals surface area contributed by atoms with Crippen LogP contribution in [0.1, 0.15) is 18.7 Å². The second-order valence-corrected chi connectivity index (χ2v) is 8.99. The van der Waals surface area contributed by atoms with Gasteiger partial charge in [0.25, 0.3) is 0 Å². The fraction of sp³-hybridized carbons (Fsp3) is 0.368. The smallest absolute Gasteiger partial charge is 0.191 e. The molecule has 4 aromatic heterocycles. The van der Waals surface area contributed by atoms with Gasteiger partial charge in [-0.1, -0.05) is 22.7 Å². The van der Waals surface area contributed by atoms with Crippen molar-refractivity contribution in [3.05, 3.63) is 24.4 Å². The highest BCUT2D eigenvalue weighted by atomic mass is 32.1. The fourth-order valence-corrected chi connectivity index (χ4v) is 5.56. The van der Waals surface area contributed by atoms with Crippen molar-refractivity contribution >= 4 is 37.5 Å². The minimum atomic E-state index is 0.0602. The number of hydrogen-bond acceptors (Lipinski definition) is 10. The lowest BCUT2D eigenvalue weighted by Gasteiger charge is -2.31. The lowest BCUT2D eigenvalue weighted by atomic mass is 10.1. The van der Waals surface area contributed by atoms with Crippen LogP contribution >= 0.6 is 22.7 Å². The van der Waals surface area contributed by atoms with Gasteiger partial charge in [0.2, 0.25) is 0 Å². The average Bonchev–Trinajstić information content (AvgIpc) is 3.42. The number of piperidine rings is 1. The highest BCUT2D eigenvalue weighted by Gasteiger charge is 2.23. The van der Waals surface area contributed by atoms with Gasteiger partial charge in [-0.15, -0.1) is 0 Å². The van der Waals surface area contributed by atoms with Crippen LogP contribution < -0.4 is 10.2 Å². The van der Waals surface area contributed by atoms with Crippen molar-refractivity contribution in [1.29, 1.82) is 0 Å². The number of anilines is 1. The van der Waals surface area contributed by atoms with Gasteiger partial charge in [0.15, 0.2) is 26.4 Å². The third-order valence-electron chi connectivity index (χ3n) is 5.10. The van der Waals surface area contributed by atoms with Crippen LogP contribution in [0.15, 0.2) is 22.9 Å². The molecule has 1 aliphatic heterocycles. The number of nitrogens with one attached hydrogen (secondary N) is 1. The molecular weight excluding hydrogens is 408 g/mol. The van der Waals surface area contributed by atoms with Gasteiger partial charge in [-0.25, -0.2) is 19.9 Å². The summed E-state index contributed by atoms with van der Waals surface area (Å²) in [6.07, 6.45) is 5.53. The fourth-order valence-electron chi connectivity index (χ4n) is 3.48. The molecule has 0 aromatic carbocycles. The summed E-state index contributed by atoms with van der Waals surface area (Å²) in [5, 5.41) is 15.5. The molecule has 0 radical (unpaired) electrons. The predicted molar refractivity (Wildman–Crippen MR) is 115 cm³/mol. The van der Waals surface area contributed by atoms with Crippen LogP contribution in [0.4, 0.5) is 5.13 Å². The zero-order valence-electron chi connectivity index (χ0n) is 16.0. The minimum Gasteiger partial charge on any atom is -0.506 e. The number of aromatic hydroxyl groups is 1. The molecule has 0 atom stereocenters. The Bertz CT molecular complexity index is 1130. The maximum absolute atomic E-state index is 10.5. The van der Waals surface area contributed by atoms with Crippen molar-refractivity contribution in [3.63, 3.8) is 0 Å². The third-order valence-corrected chi connectivity index (χ3v) is 7.22. The summed E-state index contributed by atoms with van der Waals surface area (Å²) in [5.41, 5.74) is 1.13. The lowest BCUT2D eigenvalue weighted by Crippen LogP contribution is -2.41. The number of hydrogen-bond donors (Lipinski definition) is 2. The molecule has 0 aliphatic carbocycles. The largest absolute Gasteiger partial charge is 0.506 e. The van der Waals surface area contributed by atoms with Crippen LogP contribution in [0.3, 0.4) is 0 Å². The molecule has 5 rings (SSSR count). The van der Waals surface area contributed by atoms with Crippen molar-refractivity contribution in [2.45, 2.75) is 25.8 Å². The first-order chi connectivity index (χ1) is 14.1. The summed E-state index contributed by atoms with van der Waals surface area (Å²) in [6.45, 7) is 3.87.